The maximum atomic E-state index is 12.9. The molecule has 2 unspecified atom stereocenters. The second-order valence-electron chi connectivity index (χ2n) is 7.83. The summed E-state index contributed by atoms with van der Waals surface area (Å²) in [5, 5.41) is 2.58. The fourth-order valence-electron chi connectivity index (χ4n) is 4.19. The van der Waals surface area contributed by atoms with Crippen molar-refractivity contribution >= 4 is 29.3 Å². The lowest BCUT2D eigenvalue weighted by molar-refractivity contribution is -0.168. The Morgan fingerprint density at radius 3 is 2.54 bits per heavy atom. The predicted molar refractivity (Wildman–Crippen MR) is 94.9 cm³/mol. The molecule has 1 heterocycles. The third-order valence-electron chi connectivity index (χ3n) is 6.28. The van der Waals surface area contributed by atoms with Gasteiger partial charge in [-0.15, -0.1) is 0 Å². The number of piperidine rings is 1. The Hall–Kier alpha value is -2.70. The number of carbonyl (C=O) groups excluding carboxylic acids is 4. The number of primary amides is 1. The second-order valence-corrected chi connectivity index (χ2v) is 7.83. The predicted octanol–water partition coefficient (Wildman–Crippen LogP) is 1.54. The molecule has 2 fully saturated rings. The topological polar surface area (TPSA) is 110 Å². The van der Waals surface area contributed by atoms with Crippen LogP contribution in [0.5, 0.6) is 0 Å². The summed E-state index contributed by atoms with van der Waals surface area (Å²) in [4.78, 5) is 50.7. The molecular formula is C19H23N3O4. The number of rotatable bonds is 4. The molecule has 0 spiro atoms. The van der Waals surface area contributed by atoms with E-state index in [0.29, 0.717) is 12.8 Å². The lowest BCUT2D eigenvalue weighted by Crippen LogP contribution is -2.60. The highest BCUT2D eigenvalue weighted by atomic mass is 16.2. The molecule has 3 N–H and O–H groups in total. The van der Waals surface area contributed by atoms with E-state index in [9.17, 15) is 19.2 Å². The van der Waals surface area contributed by atoms with Crippen LogP contribution in [-0.4, -0.2) is 35.1 Å². The van der Waals surface area contributed by atoms with Crippen LogP contribution >= 0.6 is 0 Å². The van der Waals surface area contributed by atoms with Crippen molar-refractivity contribution in [2.75, 3.05) is 11.9 Å². The van der Waals surface area contributed by atoms with Crippen LogP contribution in [0.1, 0.15) is 44.0 Å². The summed E-state index contributed by atoms with van der Waals surface area (Å²) in [7, 11) is 0. The van der Waals surface area contributed by atoms with Gasteiger partial charge in [-0.05, 0) is 30.4 Å². The highest BCUT2D eigenvalue weighted by Gasteiger charge is 2.64. The minimum absolute atomic E-state index is 0.172. The van der Waals surface area contributed by atoms with Crippen LogP contribution in [0.25, 0.3) is 0 Å². The molecule has 1 aromatic rings. The summed E-state index contributed by atoms with van der Waals surface area (Å²) in [5.41, 5.74) is 4.65. The van der Waals surface area contributed by atoms with Crippen LogP contribution in [-0.2, 0) is 14.4 Å². The van der Waals surface area contributed by atoms with Gasteiger partial charge in [0, 0.05) is 5.92 Å². The summed E-state index contributed by atoms with van der Waals surface area (Å²) in [6, 6.07) is 6.34. The molecule has 2 atom stereocenters. The molecule has 1 aliphatic heterocycles. The monoisotopic (exact) mass is 357 g/mol. The van der Waals surface area contributed by atoms with Crippen LogP contribution in [0.4, 0.5) is 5.69 Å². The van der Waals surface area contributed by atoms with Crippen molar-refractivity contribution in [3.05, 3.63) is 29.8 Å². The molecule has 1 aliphatic carbocycles. The van der Waals surface area contributed by atoms with Crippen LogP contribution in [0.15, 0.2) is 24.3 Å². The third-order valence-corrected chi connectivity index (χ3v) is 6.28. The minimum Gasteiger partial charge on any atom is -0.366 e. The fraction of sp³-hybridized carbons (Fsp3) is 0.474. The van der Waals surface area contributed by atoms with Crippen molar-refractivity contribution in [3.63, 3.8) is 0 Å². The van der Waals surface area contributed by atoms with Crippen LogP contribution in [0, 0.1) is 16.7 Å². The molecule has 1 aromatic carbocycles. The number of nitrogens with two attached hydrogens (primary N) is 1. The Kier molecular flexibility index (Phi) is 4.13. The number of anilines is 1. The van der Waals surface area contributed by atoms with Gasteiger partial charge in [0.05, 0.1) is 16.7 Å². The largest absolute Gasteiger partial charge is 0.366 e. The van der Waals surface area contributed by atoms with Gasteiger partial charge in [-0.3, -0.25) is 24.1 Å². The van der Waals surface area contributed by atoms with Crippen molar-refractivity contribution in [1.29, 1.82) is 0 Å². The molecule has 2 bridgehead atoms. The zero-order valence-corrected chi connectivity index (χ0v) is 15.2. The first-order valence-electron chi connectivity index (χ1n) is 8.64. The second kappa shape index (κ2) is 5.93. The Labute approximate surface area is 151 Å². The number of imide groups is 1. The first-order chi connectivity index (χ1) is 12.1. The molecule has 138 valence electrons. The van der Waals surface area contributed by atoms with Gasteiger partial charge in [-0.25, -0.2) is 0 Å². The summed E-state index contributed by atoms with van der Waals surface area (Å²) < 4.78 is 0. The highest BCUT2D eigenvalue weighted by Crippen LogP contribution is 2.59. The van der Waals surface area contributed by atoms with E-state index >= 15 is 0 Å². The molecule has 2 aliphatic rings. The fourth-order valence-corrected chi connectivity index (χ4v) is 4.19. The molecule has 0 aromatic heterocycles. The van der Waals surface area contributed by atoms with E-state index in [2.05, 4.69) is 5.32 Å². The maximum absolute atomic E-state index is 12.9. The van der Waals surface area contributed by atoms with E-state index in [0.717, 1.165) is 4.90 Å². The van der Waals surface area contributed by atoms with Gasteiger partial charge in [0.15, 0.2) is 0 Å². The number of hydrogen-bond acceptors (Lipinski definition) is 4. The number of nitrogens with zero attached hydrogens (tertiary/aromatic N) is 1. The number of nitrogens with one attached hydrogen (secondary N) is 1. The highest BCUT2D eigenvalue weighted by molar-refractivity contribution is 6.09. The molecule has 4 amide bonds. The third kappa shape index (κ3) is 2.50. The standard InChI is InChI=1S/C19H23N3O4/c1-18(2)12-8-9-19(18,3)17(26)22(16(12)25)10-14(23)21-13-7-5-4-6-11(13)15(20)24/h4-7,12H,8-10H2,1-3H3,(H2,20,24)(H,21,23). The average Bonchev–Trinajstić information content (AvgIpc) is 2.76. The van der Waals surface area contributed by atoms with Crippen LogP contribution in [0.3, 0.4) is 0 Å². The van der Waals surface area contributed by atoms with Crippen molar-refractivity contribution in [2.24, 2.45) is 22.5 Å². The smallest absolute Gasteiger partial charge is 0.250 e. The summed E-state index contributed by atoms with van der Waals surface area (Å²) >= 11 is 0. The number of likely N-dealkylation sites (tertiary alicyclic amines) is 1. The maximum Gasteiger partial charge on any atom is 0.250 e. The number of hydrogen-bond donors (Lipinski definition) is 2. The molecule has 1 saturated heterocycles. The lowest BCUT2D eigenvalue weighted by atomic mass is 9.62. The van der Waals surface area contributed by atoms with Crippen molar-refractivity contribution in [3.8, 4) is 0 Å². The van der Waals surface area contributed by atoms with Gasteiger partial charge in [0.2, 0.25) is 17.7 Å². The van der Waals surface area contributed by atoms with Gasteiger partial charge < -0.3 is 11.1 Å². The van der Waals surface area contributed by atoms with Crippen LogP contribution in [0.2, 0.25) is 0 Å². The molecule has 7 nitrogen and oxygen atoms in total. The summed E-state index contributed by atoms with van der Waals surface area (Å²) in [5.74, 6) is -2.08. The first kappa shape index (κ1) is 18.1. The van der Waals surface area contributed by atoms with E-state index in [1.807, 2.05) is 20.8 Å². The zero-order valence-electron chi connectivity index (χ0n) is 15.2. The number of benzene rings is 1. The Morgan fingerprint density at radius 1 is 1.23 bits per heavy atom. The van der Waals surface area contributed by atoms with Crippen LogP contribution < -0.4 is 11.1 Å². The van der Waals surface area contributed by atoms with Gasteiger partial charge >= 0.3 is 0 Å². The van der Waals surface area contributed by atoms with Crippen molar-refractivity contribution in [2.45, 2.75) is 33.6 Å². The lowest BCUT2D eigenvalue weighted by Gasteiger charge is -2.47. The van der Waals surface area contributed by atoms with E-state index in [1.54, 1.807) is 18.2 Å². The average molecular weight is 357 g/mol. The van der Waals surface area contributed by atoms with Gasteiger partial charge in [0.25, 0.3) is 5.91 Å². The minimum atomic E-state index is -0.668. The van der Waals surface area contributed by atoms with E-state index in [-0.39, 0.29) is 35.5 Å². The Balaban J connectivity index is 1.80. The Morgan fingerprint density at radius 2 is 1.88 bits per heavy atom. The summed E-state index contributed by atoms with van der Waals surface area (Å²) in [6.07, 6.45) is 1.29. The molecule has 7 heteroatoms. The summed E-state index contributed by atoms with van der Waals surface area (Å²) in [6.45, 7) is 5.39. The van der Waals surface area contributed by atoms with E-state index in [1.165, 1.54) is 6.07 Å². The molecule has 3 rings (SSSR count). The number of fused-ring (bicyclic) bond motifs is 2. The van der Waals surface area contributed by atoms with Gasteiger partial charge in [-0.1, -0.05) is 32.9 Å². The zero-order chi connectivity index (χ0) is 19.3. The van der Waals surface area contributed by atoms with Crippen molar-refractivity contribution in [1.82, 2.24) is 4.90 Å². The normalized spacial score (nSPS) is 26.7. The molecule has 0 radical (unpaired) electrons. The van der Waals surface area contributed by atoms with Crippen molar-refractivity contribution < 1.29 is 19.2 Å². The van der Waals surface area contributed by atoms with E-state index in [4.69, 9.17) is 5.73 Å². The Bertz CT molecular complexity index is 817. The number of amides is 4. The SMILES string of the molecule is CC12CCC(C(=O)N(CC(=O)Nc3ccccc3C(N)=O)C1=O)C2(C)C. The number of carbonyl (C=O) groups is 4. The van der Waals surface area contributed by atoms with Gasteiger partial charge in [0.1, 0.15) is 6.54 Å². The van der Waals surface area contributed by atoms with Gasteiger partial charge in [-0.2, -0.15) is 0 Å². The first-order valence-corrected chi connectivity index (χ1v) is 8.64. The molecule has 1 saturated carbocycles. The molecular weight excluding hydrogens is 334 g/mol. The quantitative estimate of drug-likeness (QED) is 0.796. The molecule has 26 heavy (non-hydrogen) atoms. The van der Waals surface area contributed by atoms with E-state index < -0.39 is 22.6 Å². The number of para-hydroxylation sites is 1.